The van der Waals surface area contributed by atoms with Gasteiger partial charge in [-0.1, -0.05) is 11.6 Å². The summed E-state index contributed by atoms with van der Waals surface area (Å²) in [4.78, 5) is 24.2. The van der Waals surface area contributed by atoms with Crippen molar-refractivity contribution >= 4 is 39.2 Å². The third-order valence-corrected chi connectivity index (χ3v) is 7.99. The number of hydrogen-bond donors (Lipinski definition) is 2. The van der Waals surface area contributed by atoms with Crippen LogP contribution in [0.4, 0.5) is 10.1 Å². The number of anilines is 1. The van der Waals surface area contributed by atoms with Gasteiger partial charge in [0.25, 0.3) is 0 Å². The topological polar surface area (TPSA) is 109 Å². The van der Waals surface area contributed by atoms with Gasteiger partial charge in [-0.05, 0) is 44.9 Å². The minimum atomic E-state index is -4.14. The van der Waals surface area contributed by atoms with Gasteiger partial charge >= 0.3 is 5.97 Å². The fourth-order valence-electron chi connectivity index (χ4n) is 3.81. The number of amides is 1. The van der Waals surface area contributed by atoms with Crippen molar-refractivity contribution < 1.29 is 27.5 Å². The number of carboxylic acid groups (broad SMARTS) is 1. The fourth-order valence-corrected chi connectivity index (χ4v) is 5.99. The first-order chi connectivity index (χ1) is 14.4. The van der Waals surface area contributed by atoms with Gasteiger partial charge < -0.3 is 15.0 Å². The maximum atomic E-state index is 13.4. The molecule has 1 atom stereocenters. The molecule has 0 spiro atoms. The Bertz CT molecular complexity index is 1160. The molecule has 1 aliphatic heterocycles. The number of piperidine rings is 1. The van der Waals surface area contributed by atoms with E-state index in [1.165, 1.54) is 16.7 Å². The second-order valence-corrected chi connectivity index (χ2v) is 9.84. The van der Waals surface area contributed by atoms with Crippen molar-refractivity contribution in [2.45, 2.75) is 31.6 Å². The van der Waals surface area contributed by atoms with Gasteiger partial charge in [0, 0.05) is 37.2 Å². The number of nitrogens with one attached hydrogen (secondary N) is 1. The predicted octanol–water partition coefficient (Wildman–Crippen LogP) is 3.17. The van der Waals surface area contributed by atoms with Crippen LogP contribution in [-0.2, 0) is 21.9 Å². The molecule has 2 aromatic rings. The fraction of sp³-hybridized carbons (Fsp3) is 0.400. The lowest BCUT2D eigenvalue weighted by Crippen LogP contribution is -2.44. The predicted molar refractivity (Wildman–Crippen MR) is 113 cm³/mol. The first-order valence-electron chi connectivity index (χ1n) is 9.60. The molecule has 1 fully saturated rings. The molecule has 2 heterocycles. The van der Waals surface area contributed by atoms with Crippen LogP contribution in [0.25, 0.3) is 0 Å². The first kappa shape index (κ1) is 23.2. The molecule has 2 N–H and O–H groups in total. The number of carboxylic acids is 1. The van der Waals surface area contributed by atoms with Crippen LogP contribution in [0.1, 0.15) is 34.6 Å². The van der Waals surface area contributed by atoms with Gasteiger partial charge in [-0.25, -0.2) is 17.6 Å². The molecule has 0 aliphatic carbocycles. The monoisotopic (exact) mass is 471 g/mol. The molecule has 0 saturated carbocycles. The summed E-state index contributed by atoms with van der Waals surface area (Å²) in [6, 6.07) is 3.77. The standard InChI is InChI=1S/C20H23ClFN3O5S/c1-11-17(20(27)28)18(12(2)24(11)3)31(29,30)25-8-4-5-13(10-25)19(26)23-14-6-7-16(22)15(21)9-14/h6-7,9,13H,4-5,8,10H2,1-3H3,(H,23,26)(H,27,28). The van der Waals surface area contributed by atoms with E-state index in [1.807, 2.05) is 0 Å². The summed E-state index contributed by atoms with van der Waals surface area (Å²) < 4.78 is 42.7. The molecule has 31 heavy (non-hydrogen) atoms. The number of aromatic carboxylic acids is 1. The number of benzene rings is 1. The molecule has 1 amide bonds. The van der Waals surface area contributed by atoms with E-state index >= 15 is 0 Å². The summed E-state index contributed by atoms with van der Waals surface area (Å²) in [5, 5.41) is 12.1. The quantitative estimate of drug-likeness (QED) is 0.696. The summed E-state index contributed by atoms with van der Waals surface area (Å²) in [7, 11) is -2.53. The van der Waals surface area contributed by atoms with Crippen molar-refractivity contribution in [2.24, 2.45) is 13.0 Å². The van der Waals surface area contributed by atoms with E-state index in [-0.39, 0.29) is 28.6 Å². The second kappa shape index (κ2) is 8.60. The zero-order chi connectivity index (χ0) is 23.1. The third-order valence-electron chi connectivity index (χ3n) is 5.68. The van der Waals surface area contributed by atoms with Gasteiger partial charge in [0.2, 0.25) is 15.9 Å². The third kappa shape index (κ3) is 4.32. The molecule has 1 saturated heterocycles. The Morgan fingerprint density at radius 2 is 1.94 bits per heavy atom. The zero-order valence-electron chi connectivity index (χ0n) is 17.3. The highest BCUT2D eigenvalue weighted by Gasteiger charge is 2.38. The van der Waals surface area contributed by atoms with Crippen LogP contribution in [-0.4, -0.2) is 47.4 Å². The summed E-state index contributed by atoms with van der Waals surface area (Å²) in [5.41, 5.74) is 0.706. The molecule has 1 aliphatic rings. The van der Waals surface area contributed by atoms with Crippen LogP contribution < -0.4 is 5.32 Å². The van der Waals surface area contributed by atoms with Crippen molar-refractivity contribution in [3.63, 3.8) is 0 Å². The normalized spacial score (nSPS) is 17.5. The summed E-state index contributed by atoms with van der Waals surface area (Å²) in [5.74, 6) is -3.00. The molecule has 3 rings (SSSR count). The second-order valence-electron chi connectivity index (χ2n) is 7.56. The molecular formula is C20H23ClFN3O5S. The van der Waals surface area contributed by atoms with Crippen LogP contribution >= 0.6 is 11.6 Å². The van der Waals surface area contributed by atoms with Gasteiger partial charge in [0.15, 0.2) is 0 Å². The summed E-state index contributed by atoms with van der Waals surface area (Å²) >= 11 is 5.74. The van der Waals surface area contributed by atoms with Crippen LogP contribution in [0.5, 0.6) is 0 Å². The highest BCUT2D eigenvalue weighted by Crippen LogP contribution is 2.32. The van der Waals surface area contributed by atoms with Crippen LogP contribution in [0.2, 0.25) is 5.02 Å². The smallest absolute Gasteiger partial charge is 0.338 e. The van der Waals surface area contributed by atoms with Gasteiger partial charge in [-0.3, -0.25) is 4.79 Å². The SMILES string of the molecule is Cc1c(C(=O)O)c(S(=O)(=O)N2CCCC(C(=O)Nc3ccc(F)c(Cl)c3)C2)c(C)n1C. The molecular weight excluding hydrogens is 449 g/mol. The molecule has 0 radical (unpaired) electrons. The molecule has 168 valence electrons. The maximum absolute atomic E-state index is 13.4. The van der Waals surface area contributed by atoms with Crippen LogP contribution in [0, 0.1) is 25.6 Å². The van der Waals surface area contributed by atoms with E-state index in [4.69, 9.17) is 11.6 Å². The number of sulfonamides is 1. The van der Waals surface area contributed by atoms with Gasteiger partial charge in [-0.2, -0.15) is 4.31 Å². The van der Waals surface area contributed by atoms with Crippen molar-refractivity contribution in [1.29, 1.82) is 0 Å². The van der Waals surface area contributed by atoms with E-state index in [0.717, 1.165) is 10.4 Å². The highest BCUT2D eigenvalue weighted by atomic mass is 35.5. The zero-order valence-corrected chi connectivity index (χ0v) is 18.8. The maximum Gasteiger partial charge on any atom is 0.338 e. The Morgan fingerprint density at radius 1 is 1.26 bits per heavy atom. The number of rotatable bonds is 5. The molecule has 11 heteroatoms. The van der Waals surface area contributed by atoms with Crippen molar-refractivity contribution in [3.05, 3.63) is 46.0 Å². The number of nitrogens with zero attached hydrogens (tertiary/aromatic N) is 2. The minimum Gasteiger partial charge on any atom is -0.478 e. The average Bonchev–Trinajstić information content (AvgIpc) is 2.95. The molecule has 1 unspecified atom stereocenters. The number of halogens is 2. The Morgan fingerprint density at radius 3 is 2.55 bits per heavy atom. The van der Waals surface area contributed by atoms with E-state index < -0.39 is 33.6 Å². The molecule has 8 nitrogen and oxygen atoms in total. The van der Waals surface area contributed by atoms with Gasteiger partial charge in [-0.15, -0.1) is 0 Å². The van der Waals surface area contributed by atoms with E-state index in [0.29, 0.717) is 29.9 Å². The highest BCUT2D eigenvalue weighted by molar-refractivity contribution is 7.89. The van der Waals surface area contributed by atoms with Crippen molar-refractivity contribution in [1.82, 2.24) is 8.87 Å². The first-order valence-corrected chi connectivity index (χ1v) is 11.4. The molecule has 1 aromatic heterocycles. The number of aromatic nitrogens is 1. The lowest BCUT2D eigenvalue weighted by atomic mass is 9.99. The Labute approximate surface area is 184 Å². The van der Waals surface area contributed by atoms with E-state index in [9.17, 15) is 27.5 Å². The van der Waals surface area contributed by atoms with E-state index in [1.54, 1.807) is 20.9 Å². The van der Waals surface area contributed by atoms with Crippen LogP contribution in [0.3, 0.4) is 0 Å². The lowest BCUT2D eigenvalue weighted by molar-refractivity contribution is -0.120. The average molecular weight is 472 g/mol. The Kier molecular flexibility index (Phi) is 6.45. The summed E-state index contributed by atoms with van der Waals surface area (Å²) in [6.07, 6.45) is 0.903. The number of carbonyl (C=O) groups is 2. The lowest BCUT2D eigenvalue weighted by Gasteiger charge is -2.31. The molecule has 0 bridgehead atoms. The van der Waals surface area contributed by atoms with Crippen molar-refractivity contribution in [3.8, 4) is 0 Å². The Hall–Kier alpha value is -2.43. The van der Waals surface area contributed by atoms with E-state index in [2.05, 4.69) is 5.32 Å². The molecule has 1 aromatic carbocycles. The number of hydrogen-bond acceptors (Lipinski definition) is 4. The van der Waals surface area contributed by atoms with Crippen LogP contribution in [0.15, 0.2) is 23.1 Å². The Balaban J connectivity index is 1.86. The summed E-state index contributed by atoms with van der Waals surface area (Å²) in [6.45, 7) is 3.20. The largest absolute Gasteiger partial charge is 0.478 e. The minimum absolute atomic E-state index is 0.0878. The van der Waals surface area contributed by atoms with Gasteiger partial charge in [0.05, 0.1) is 10.9 Å². The van der Waals surface area contributed by atoms with Crippen molar-refractivity contribution in [2.75, 3.05) is 18.4 Å². The number of carbonyl (C=O) groups excluding carboxylic acids is 1. The van der Waals surface area contributed by atoms with Gasteiger partial charge in [0.1, 0.15) is 16.3 Å².